The van der Waals surface area contributed by atoms with Crippen molar-refractivity contribution in [3.8, 4) is 0 Å². The molecular formula is C22H28N2O. The van der Waals surface area contributed by atoms with E-state index >= 15 is 0 Å². The highest BCUT2D eigenvalue weighted by Crippen LogP contribution is 2.24. The van der Waals surface area contributed by atoms with Crippen LogP contribution in [0.2, 0.25) is 0 Å². The summed E-state index contributed by atoms with van der Waals surface area (Å²) in [5.41, 5.74) is 1.34. The minimum absolute atomic E-state index is 0.238. The Labute approximate surface area is 161 Å². The van der Waals surface area contributed by atoms with E-state index in [1.54, 1.807) is 35.2 Å². The number of carbonyl (C=O) groups is 1. The van der Waals surface area contributed by atoms with Gasteiger partial charge < -0.3 is 9.80 Å². The number of anilines is 1. The lowest BCUT2D eigenvalue weighted by molar-refractivity contribution is -0.119. The lowest BCUT2D eigenvalue weighted by atomic mass is 10.0. The minimum atomic E-state index is -3.09. The predicted octanol–water partition coefficient (Wildman–Crippen LogP) is 4.14. The van der Waals surface area contributed by atoms with Crippen LogP contribution in [0.25, 0.3) is 0 Å². The van der Waals surface area contributed by atoms with Gasteiger partial charge in [0.2, 0.25) is 5.91 Å². The maximum atomic E-state index is 13.1. The Morgan fingerprint density at radius 1 is 1.12 bits per heavy atom. The van der Waals surface area contributed by atoms with E-state index in [2.05, 4.69) is 0 Å². The van der Waals surface area contributed by atoms with Crippen molar-refractivity contribution < 1.29 is 14.4 Å². The highest BCUT2D eigenvalue weighted by atomic mass is 16.2. The van der Waals surface area contributed by atoms with Gasteiger partial charge in [-0.05, 0) is 37.0 Å². The molecule has 0 radical (unpaired) electrons. The summed E-state index contributed by atoms with van der Waals surface area (Å²) in [6, 6.07) is 17.5. The topological polar surface area (TPSA) is 23.6 Å². The van der Waals surface area contributed by atoms with E-state index in [0.717, 1.165) is 5.56 Å². The third-order valence-electron chi connectivity index (χ3n) is 4.54. The molecular weight excluding hydrogens is 308 g/mol. The number of amides is 1. The summed E-state index contributed by atoms with van der Waals surface area (Å²) in [5.74, 6) is -1.09. The fraction of sp³-hybridized carbons (Fsp3) is 0.409. The second-order valence-corrected chi connectivity index (χ2v) is 6.17. The average Bonchev–Trinajstić information content (AvgIpc) is 2.74. The van der Waals surface area contributed by atoms with Crippen LogP contribution in [0.3, 0.4) is 0 Å². The van der Waals surface area contributed by atoms with E-state index in [0.29, 0.717) is 31.6 Å². The van der Waals surface area contributed by atoms with Crippen LogP contribution >= 0.6 is 0 Å². The summed E-state index contributed by atoms with van der Waals surface area (Å²) in [6.07, 6.45) is -1.97. The fourth-order valence-electron chi connectivity index (χ4n) is 3.22. The van der Waals surface area contributed by atoms with Crippen LogP contribution in [0, 0.1) is 0 Å². The molecule has 1 heterocycles. The molecule has 0 unspecified atom stereocenters. The van der Waals surface area contributed by atoms with E-state index < -0.39 is 31.7 Å². The molecule has 0 aromatic heterocycles. The molecule has 3 rings (SSSR count). The Kier molecular flexibility index (Phi) is 3.80. The number of rotatable bonds is 6. The highest BCUT2D eigenvalue weighted by Gasteiger charge is 2.28. The highest BCUT2D eigenvalue weighted by molar-refractivity contribution is 5.93. The third kappa shape index (κ3) is 4.70. The smallest absolute Gasteiger partial charge is 0.226 e. The number of likely N-dealkylation sites (tertiary alicyclic amines) is 1. The number of hydrogen-bond acceptors (Lipinski definition) is 2. The lowest BCUT2D eigenvalue weighted by Gasteiger charge is -2.38. The van der Waals surface area contributed by atoms with Gasteiger partial charge in [-0.25, -0.2) is 0 Å². The van der Waals surface area contributed by atoms with Crippen LogP contribution in [-0.2, 0) is 11.2 Å². The van der Waals surface area contributed by atoms with Crippen molar-refractivity contribution in [1.82, 2.24) is 4.90 Å². The molecule has 3 nitrogen and oxygen atoms in total. The second kappa shape index (κ2) is 8.82. The maximum absolute atomic E-state index is 13.1. The number of piperidine rings is 1. The van der Waals surface area contributed by atoms with Gasteiger partial charge in [-0.3, -0.25) is 4.79 Å². The largest absolute Gasteiger partial charge is 0.309 e. The zero-order valence-corrected chi connectivity index (χ0v) is 14.2. The van der Waals surface area contributed by atoms with Gasteiger partial charge in [0.15, 0.2) is 0 Å². The van der Waals surface area contributed by atoms with Crippen molar-refractivity contribution in [2.24, 2.45) is 0 Å². The number of para-hydroxylation sites is 1. The molecule has 0 spiro atoms. The Balaban J connectivity index is 1.78. The molecule has 0 aliphatic carbocycles. The van der Waals surface area contributed by atoms with Crippen LogP contribution in [0.4, 0.5) is 5.69 Å². The SMILES string of the molecule is [2H]C([2H])(Cc1ccccc1)N1CCC(N(C(=O)C([2H])([2H])C([2H])([2H])[2H])c2ccccc2)CC1. The van der Waals surface area contributed by atoms with E-state index in [4.69, 9.17) is 9.60 Å². The number of benzene rings is 2. The minimum Gasteiger partial charge on any atom is -0.309 e. The van der Waals surface area contributed by atoms with Crippen molar-refractivity contribution in [3.63, 3.8) is 0 Å². The Hall–Kier alpha value is -2.13. The molecule has 1 aliphatic rings. The Morgan fingerprint density at radius 2 is 1.76 bits per heavy atom. The lowest BCUT2D eigenvalue weighted by Crippen LogP contribution is -2.47. The van der Waals surface area contributed by atoms with Crippen molar-refractivity contribution >= 4 is 11.6 Å². The predicted molar refractivity (Wildman–Crippen MR) is 104 cm³/mol. The van der Waals surface area contributed by atoms with Crippen molar-refractivity contribution in [1.29, 1.82) is 0 Å². The molecule has 132 valence electrons. The molecule has 1 saturated heterocycles. The van der Waals surface area contributed by atoms with Crippen molar-refractivity contribution in [2.45, 2.75) is 38.5 Å². The molecule has 2 aromatic carbocycles. The van der Waals surface area contributed by atoms with Crippen LogP contribution in [0.1, 0.15) is 41.2 Å². The average molecular weight is 344 g/mol. The van der Waals surface area contributed by atoms with Gasteiger partial charge in [0, 0.05) is 47.3 Å². The molecule has 1 aliphatic heterocycles. The van der Waals surface area contributed by atoms with Gasteiger partial charge in [-0.15, -0.1) is 0 Å². The molecule has 1 fully saturated rings. The quantitative estimate of drug-likeness (QED) is 0.787. The third-order valence-corrected chi connectivity index (χ3v) is 4.54. The van der Waals surface area contributed by atoms with Crippen LogP contribution < -0.4 is 4.90 Å². The van der Waals surface area contributed by atoms with Crippen LogP contribution in [-0.4, -0.2) is 36.4 Å². The first kappa shape index (κ1) is 10.8. The van der Waals surface area contributed by atoms with Crippen LogP contribution in [0.5, 0.6) is 0 Å². The van der Waals surface area contributed by atoms with Gasteiger partial charge in [0.25, 0.3) is 0 Å². The summed E-state index contributed by atoms with van der Waals surface area (Å²) < 4.78 is 55.6. The molecule has 0 bridgehead atoms. The Morgan fingerprint density at radius 3 is 2.40 bits per heavy atom. The molecule has 0 N–H and O–H groups in total. The van der Waals surface area contributed by atoms with Gasteiger partial charge >= 0.3 is 0 Å². The van der Waals surface area contributed by atoms with Gasteiger partial charge in [-0.1, -0.05) is 55.4 Å². The standard InChI is InChI=1S/C22H28N2O/c1-2-22(25)24(20-11-7-4-8-12-20)21-14-17-23(18-15-21)16-13-19-9-5-3-6-10-19/h3-12,21H,2,13-18H2,1H3/i1D3,2D2,16D2. The first-order valence-corrected chi connectivity index (χ1v) is 8.61. The fourth-order valence-corrected chi connectivity index (χ4v) is 3.22. The summed E-state index contributed by atoms with van der Waals surface area (Å²) >= 11 is 0. The molecule has 1 amide bonds. The number of aryl methyl sites for hydroxylation is 1. The molecule has 2 aromatic rings. The monoisotopic (exact) mass is 343 g/mol. The zero-order valence-electron chi connectivity index (χ0n) is 21.2. The molecule has 0 atom stereocenters. The van der Waals surface area contributed by atoms with Gasteiger partial charge in [0.05, 0.1) is 0 Å². The Bertz CT molecular complexity index is 896. The molecule has 0 saturated carbocycles. The summed E-state index contributed by atoms with van der Waals surface area (Å²) in [5, 5.41) is 0. The first-order valence-electron chi connectivity index (χ1n) is 12.1. The molecule has 25 heavy (non-hydrogen) atoms. The van der Waals surface area contributed by atoms with Gasteiger partial charge in [0.1, 0.15) is 0 Å². The van der Waals surface area contributed by atoms with Gasteiger partial charge in [-0.2, -0.15) is 0 Å². The summed E-state index contributed by atoms with van der Waals surface area (Å²) in [6.45, 7) is -3.91. The number of hydrogen-bond donors (Lipinski definition) is 0. The zero-order chi connectivity index (χ0) is 23.6. The first-order chi connectivity index (χ1) is 14.9. The number of nitrogens with zero attached hydrogens (tertiary/aromatic N) is 2. The van der Waals surface area contributed by atoms with E-state index in [1.165, 1.54) is 4.90 Å². The summed E-state index contributed by atoms with van der Waals surface area (Å²) in [7, 11) is 0. The second-order valence-electron chi connectivity index (χ2n) is 6.17. The van der Waals surface area contributed by atoms with Crippen molar-refractivity contribution in [3.05, 3.63) is 66.2 Å². The van der Waals surface area contributed by atoms with E-state index in [9.17, 15) is 4.79 Å². The number of carbonyl (C=O) groups excluding carboxylic acids is 1. The van der Waals surface area contributed by atoms with Crippen LogP contribution in [0.15, 0.2) is 60.7 Å². The maximum Gasteiger partial charge on any atom is 0.226 e. The molecule has 3 heteroatoms. The van der Waals surface area contributed by atoms with E-state index in [1.807, 2.05) is 30.3 Å². The van der Waals surface area contributed by atoms with E-state index in [-0.39, 0.29) is 6.42 Å². The normalized spacial score (nSPS) is 21.7. The van der Waals surface area contributed by atoms with Crippen molar-refractivity contribution in [2.75, 3.05) is 24.5 Å². The summed E-state index contributed by atoms with van der Waals surface area (Å²) in [4.78, 5) is 16.1.